The Kier molecular flexibility index (Phi) is 8.90. The van der Waals surface area contributed by atoms with Crippen molar-refractivity contribution < 1.29 is 17.9 Å². The van der Waals surface area contributed by atoms with Crippen LogP contribution in [0.4, 0.5) is 5.69 Å². The molecular formula is C35H30Cl2N4O4S. The Morgan fingerprint density at radius 2 is 1.70 bits per heavy atom. The number of aromatic amines is 1. The minimum atomic E-state index is -3.88. The summed E-state index contributed by atoms with van der Waals surface area (Å²) in [6, 6.07) is 28.6. The Morgan fingerprint density at radius 1 is 0.935 bits per heavy atom. The lowest BCUT2D eigenvalue weighted by atomic mass is 10.0. The van der Waals surface area contributed by atoms with E-state index in [0.717, 1.165) is 43.6 Å². The lowest BCUT2D eigenvalue weighted by Crippen LogP contribution is -2.29. The summed E-state index contributed by atoms with van der Waals surface area (Å²) in [6.07, 6.45) is 4.47. The highest BCUT2D eigenvalue weighted by Crippen LogP contribution is 2.33. The van der Waals surface area contributed by atoms with Crippen LogP contribution in [0.3, 0.4) is 0 Å². The topological polar surface area (TPSA) is 104 Å². The first-order valence-electron chi connectivity index (χ1n) is 14.6. The van der Waals surface area contributed by atoms with Crippen LogP contribution < -0.4 is 13.8 Å². The van der Waals surface area contributed by atoms with Gasteiger partial charge < -0.3 is 9.72 Å². The number of rotatable bonds is 9. The Hall–Kier alpha value is -4.57. The highest BCUT2D eigenvalue weighted by Gasteiger charge is 2.33. The first-order chi connectivity index (χ1) is 22.0. The van der Waals surface area contributed by atoms with E-state index in [4.69, 9.17) is 32.9 Å². The van der Waals surface area contributed by atoms with Crippen LogP contribution in [0, 0.1) is 0 Å². The second-order valence-corrected chi connectivity index (χ2v) is 13.5. The highest BCUT2D eigenvalue weighted by atomic mass is 35.5. The number of halogens is 2. The van der Waals surface area contributed by atoms with Crippen LogP contribution in [-0.4, -0.2) is 36.9 Å². The average molecular weight is 674 g/mol. The fraction of sp³-hybridized carbons (Fsp3) is 0.143. The van der Waals surface area contributed by atoms with Crippen molar-refractivity contribution >= 4 is 57.2 Å². The van der Waals surface area contributed by atoms with Crippen LogP contribution in [-0.2, 0) is 21.4 Å². The molecule has 1 amide bonds. The van der Waals surface area contributed by atoms with Gasteiger partial charge in [-0.25, -0.2) is 14.0 Å². The predicted molar refractivity (Wildman–Crippen MR) is 184 cm³/mol. The molecule has 2 heterocycles. The average Bonchev–Trinajstić information content (AvgIpc) is 3.54. The molecule has 0 atom stereocenters. The van der Waals surface area contributed by atoms with Crippen molar-refractivity contribution in [2.75, 3.05) is 10.8 Å². The number of hydrogen-bond acceptors (Lipinski definition) is 5. The molecular weight excluding hydrogens is 643 g/mol. The van der Waals surface area contributed by atoms with E-state index in [9.17, 15) is 13.2 Å². The first-order valence-corrected chi connectivity index (χ1v) is 16.8. The number of aromatic nitrogens is 2. The molecule has 6 rings (SSSR count). The molecule has 46 heavy (non-hydrogen) atoms. The van der Waals surface area contributed by atoms with Gasteiger partial charge in [-0.1, -0.05) is 77.8 Å². The number of benzene rings is 4. The van der Waals surface area contributed by atoms with Crippen molar-refractivity contribution in [3.63, 3.8) is 0 Å². The summed E-state index contributed by atoms with van der Waals surface area (Å²) in [5, 5.41) is 0.995. The minimum Gasteiger partial charge on any atom is -0.491 e. The summed E-state index contributed by atoms with van der Waals surface area (Å²) >= 11 is 12.8. The zero-order valence-corrected chi connectivity index (χ0v) is 27.3. The van der Waals surface area contributed by atoms with Gasteiger partial charge in [-0.3, -0.25) is 4.79 Å². The summed E-state index contributed by atoms with van der Waals surface area (Å²) in [4.78, 5) is 20.0. The largest absolute Gasteiger partial charge is 0.491 e. The molecule has 1 aliphatic heterocycles. The molecule has 1 fully saturated rings. The number of carbonyl (C=O) groups is 1. The Labute approximate surface area is 277 Å². The summed E-state index contributed by atoms with van der Waals surface area (Å²) in [5.41, 5.74) is 6.71. The lowest BCUT2D eigenvalue weighted by Gasteiger charge is -2.15. The Morgan fingerprint density at radius 3 is 2.37 bits per heavy atom. The van der Waals surface area contributed by atoms with Gasteiger partial charge in [0.15, 0.2) is 0 Å². The van der Waals surface area contributed by atoms with Crippen LogP contribution in [0.25, 0.3) is 34.5 Å². The molecule has 5 aromatic rings. The fourth-order valence-corrected chi connectivity index (χ4v) is 6.83. The van der Waals surface area contributed by atoms with Crippen LogP contribution in [0.1, 0.15) is 36.5 Å². The van der Waals surface area contributed by atoms with Crippen LogP contribution in [0.2, 0.25) is 10.0 Å². The number of imidazole rings is 1. The second-order valence-electron chi connectivity index (χ2n) is 11.1. The van der Waals surface area contributed by atoms with Gasteiger partial charge in [0.05, 0.1) is 22.5 Å². The Balaban J connectivity index is 1.25. The number of amides is 1. The smallest absolute Gasteiger partial charge is 0.326 e. The summed E-state index contributed by atoms with van der Waals surface area (Å²) in [6.45, 7) is 3.77. The van der Waals surface area contributed by atoms with E-state index in [-0.39, 0.29) is 12.6 Å². The molecule has 2 N–H and O–H groups in total. The van der Waals surface area contributed by atoms with E-state index >= 15 is 0 Å². The lowest BCUT2D eigenvalue weighted by molar-refractivity contribution is -0.117. The maximum absolute atomic E-state index is 12.2. The number of anilines is 1. The molecule has 1 aromatic heterocycles. The normalized spacial score (nSPS) is 14.3. The second kappa shape index (κ2) is 13.0. The number of ether oxygens (including phenoxy) is 1. The van der Waals surface area contributed by atoms with E-state index in [1.165, 1.54) is 0 Å². The first kappa shape index (κ1) is 31.4. The van der Waals surface area contributed by atoms with Gasteiger partial charge in [0.25, 0.3) is 5.91 Å². The van der Waals surface area contributed by atoms with E-state index in [2.05, 4.69) is 23.2 Å². The monoisotopic (exact) mass is 672 g/mol. The minimum absolute atomic E-state index is 0.105. The predicted octanol–water partition coefficient (Wildman–Crippen LogP) is 7.78. The molecule has 0 saturated carbocycles. The standard InChI is InChI=1S/C35H30Cl2N4O4S/c1-22(2)45-29-5-3-4-26(19-29)25-11-6-23(7-12-25)10-17-33-38-32(35(39-33)30-16-13-27(36)20-31(30)37)18-24-8-14-28(15-9-24)41-21-34(42)40-46(41,43)44/h3-17,19-20,22H,18,21H2,1-2H3,(H,38,39)(H,40,42). The molecule has 0 aliphatic carbocycles. The van der Waals surface area contributed by atoms with Crippen molar-refractivity contribution in [2.45, 2.75) is 26.4 Å². The van der Waals surface area contributed by atoms with Gasteiger partial charge in [0.2, 0.25) is 0 Å². The molecule has 11 heteroatoms. The van der Waals surface area contributed by atoms with Crippen molar-refractivity contribution in [1.82, 2.24) is 14.7 Å². The molecule has 1 aliphatic rings. The van der Waals surface area contributed by atoms with Gasteiger partial charge in [-0.15, -0.1) is 0 Å². The summed E-state index contributed by atoms with van der Waals surface area (Å²) < 4.78 is 33.4. The van der Waals surface area contributed by atoms with Gasteiger partial charge >= 0.3 is 10.2 Å². The zero-order valence-electron chi connectivity index (χ0n) is 25.0. The van der Waals surface area contributed by atoms with Crippen molar-refractivity contribution in [3.05, 3.63) is 124 Å². The highest BCUT2D eigenvalue weighted by molar-refractivity contribution is 7.92. The van der Waals surface area contributed by atoms with Crippen molar-refractivity contribution in [1.29, 1.82) is 0 Å². The van der Waals surface area contributed by atoms with Crippen LogP contribution in [0.5, 0.6) is 5.75 Å². The molecule has 0 radical (unpaired) electrons. The quantitative estimate of drug-likeness (QED) is 0.166. The molecule has 0 bridgehead atoms. The van der Waals surface area contributed by atoms with E-state index < -0.39 is 16.1 Å². The molecule has 234 valence electrons. The fourth-order valence-electron chi connectivity index (χ4n) is 5.18. The zero-order chi connectivity index (χ0) is 32.4. The van der Waals surface area contributed by atoms with E-state index in [0.29, 0.717) is 33.7 Å². The third kappa shape index (κ3) is 7.12. The SMILES string of the molecule is CC(C)Oc1cccc(-c2ccc(C=Cc3nc(-c4ccc(Cl)cc4Cl)c(Cc4ccc(N5CC(=O)NS5(=O)=O)cc4)[nH]3)cc2)c1. The Bertz CT molecular complexity index is 2040. The maximum Gasteiger partial charge on any atom is 0.326 e. The van der Waals surface area contributed by atoms with Gasteiger partial charge in [0, 0.05) is 22.7 Å². The third-order valence-electron chi connectivity index (χ3n) is 7.29. The number of hydrogen-bond donors (Lipinski definition) is 2. The molecule has 8 nitrogen and oxygen atoms in total. The van der Waals surface area contributed by atoms with Gasteiger partial charge in [-0.05, 0) is 84.6 Å². The molecule has 0 spiro atoms. The third-order valence-corrected chi connectivity index (χ3v) is 9.25. The molecule has 4 aromatic carbocycles. The number of nitrogens with zero attached hydrogens (tertiary/aromatic N) is 2. The van der Waals surface area contributed by atoms with Crippen molar-refractivity contribution in [2.24, 2.45) is 0 Å². The number of carbonyl (C=O) groups excluding carboxylic acids is 1. The van der Waals surface area contributed by atoms with E-state index in [1.807, 2.05) is 79.3 Å². The number of nitrogens with one attached hydrogen (secondary N) is 2. The van der Waals surface area contributed by atoms with Crippen LogP contribution >= 0.6 is 23.2 Å². The van der Waals surface area contributed by atoms with Gasteiger partial charge in [0.1, 0.15) is 18.1 Å². The van der Waals surface area contributed by atoms with E-state index in [1.54, 1.807) is 24.3 Å². The maximum atomic E-state index is 12.2. The van der Waals surface area contributed by atoms with Crippen LogP contribution in [0.15, 0.2) is 91.0 Å². The van der Waals surface area contributed by atoms with Crippen molar-refractivity contribution in [3.8, 4) is 28.1 Å². The summed E-state index contributed by atoms with van der Waals surface area (Å²) in [7, 11) is -3.88. The van der Waals surface area contributed by atoms with Gasteiger partial charge in [-0.2, -0.15) is 8.42 Å². The molecule has 0 unspecified atom stereocenters. The molecule has 1 saturated heterocycles. The number of H-pyrrole nitrogens is 1. The summed E-state index contributed by atoms with van der Waals surface area (Å²) in [5.74, 6) is 0.915.